The first-order valence-electron chi connectivity index (χ1n) is 6.33. The number of carbonyl (C=O) groups is 2. The average molecular weight is 276 g/mol. The lowest BCUT2D eigenvalue weighted by Crippen LogP contribution is -2.35. The summed E-state index contributed by atoms with van der Waals surface area (Å²) in [7, 11) is 1.29. The third kappa shape index (κ3) is 3.24. The Bertz CT molecular complexity index is 520. The Kier molecular flexibility index (Phi) is 4.53. The van der Waals surface area contributed by atoms with Gasteiger partial charge >= 0.3 is 11.9 Å². The number of methoxy groups -OCH3 is 1. The van der Waals surface area contributed by atoms with Gasteiger partial charge in [0.05, 0.1) is 18.8 Å². The first-order valence-corrected chi connectivity index (χ1v) is 6.33. The second kappa shape index (κ2) is 6.34. The lowest BCUT2D eigenvalue weighted by atomic mass is 9.94. The molecule has 0 saturated carbocycles. The summed E-state index contributed by atoms with van der Waals surface area (Å²) >= 11 is 0. The Morgan fingerprint density at radius 1 is 1.20 bits per heavy atom. The van der Waals surface area contributed by atoms with Gasteiger partial charge in [0.2, 0.25) is 0 Å². The van der Waals surface area contributed by atoms with Crippen LogP contribution in [0.15, 0.2) is 42.0 Å². The van der Waals surface area contributed by atoms with E-state index < -0.39 is 24.1 Å². The summed E-state index contributed by atoms with van der Waals surface area (Å²) in [5.41, 5.74) is 0.842. The van der Waals surface area contributed by atoms with Gasteiger partial charge in [0, 0.05) is 18.4 Å². The molecule has 1 N–H and O–H groups in total. The van der Waals surface area contributed by atoms with Crippen molar-refractivity contribution in [3.05, 3.63) is 47.5 Å². The molecule has 1 aromatic rings. The number of esters is 2. The maximum Gasteiger partial charge on any atom is 0.338 e. The Balaban J connectivity index is 2.00. The van der Waals surface area contributed by atoms with Crippen molar-refractivity contribution in [2.75, 3.05) is 7.11 Å². The maximum absolute atomic E-state index is 11.9. The van der Waals surface area contributed by atoms with Gasteiger partial charge in [0.15, 0.2) is 0 Å². The molecular formula is C15H16O5. The zero-order valence-electron chi connectivity index (χ0n) is 11.1. The summed E-state index contributed by atoms with van der Waals surface area (Å²) in [4.78, 5) is 23.2. The summed E-state index contributed by atoms with van der Waals surface area (Å²) in [6.45, 7) is 0. The molecular weight excluding hydrogens is 260 g/mol. The van der Waals surface area contributed by atoms with Crippen molar-refractivity contribution in [2.24, 2.45) is 0 Å². The molecule has 5 heteroatoms. The van der Waals surface area contributed by atoms with Crippen LogP contribution in [0.4, 0.5) is 0 Å². The standard InChI is InChI=1S/C15H16O5/c1-19-14(17)11-7-8-13(12(16)9-11)20-15(18)10-5-3-2-4-6-10/h2-7,12-13,16H,8-9H2,1H3/t12-,13-/m1/s1. The monoisotopic (exact) mass is 276 g/mol. The first kappa shape index (κ1) is 14.3. The van der Waals surface area contributed by atoms with Crippen LogP contribution in [0.1, 0.15) is 23.2 Å². The van der Waals surface area contributed by atoms with Gasteiger partial charge in [0.1, 0.15) is 6.10 Å². The molecule has 2 rings (SSSR count). The largest absolute Gasteiger partial charge is 0.466 e. The Morgan fingerprint density at radius 2 is 1.90 bits per heavy atom. The van der Waals surface area contributed by atoms with Crippen LogP contribution >= 0.6 is 0 Å². The lowest BCUT2D eigenvalue weighted by Gasteiger charge is -2.26. The average Bonchev–Trinajstić information content (AvgIpc) is 2.49. The van der Waals surface area contributed by atoms with E-state index in [2.05, 4.69) is 4.74 Å². The topological polar surface area (TPSA) is 72.8 Å². The van der Waals surface area contributed by atoms with E-state index in [1.165, 1.54) is 7.11 Å². The predicted molar refractivity (Wildman–Crippen MR) is 71.0 cm³/mol. The molecule has 5 nitrogen and oxygen atoms in total. The minimum atomic E-state index is -0.901. The molecule has 1 aliphatic carbocycles. The SMILES string of the molecule is COC(=O)C1=CC[C@@H](OC(=O)c2ccccc2)[C@H](O)C1. The number of carbonyl (C=O) groups excluding carboxylic acids is 2. The molecule has 0 amide bonds. The van der Waals surface area contributed by atoms with Gasteiger partial charge in [-0.05, 0) is 12.1 Å². The normalized spacial score (nSPS) is 21.8. The van der Waals surface area contributed by atoms with Gasteiger partial charge < -0.3 is 14.6 Å². The number of ether oxygens (including phenoxy) is 2. The second-order valence-corrected chi connectivity index (χ2v) is 4.54. The smallest absolute Gasteiger partial charge is 0.338 e. The maximum atomic E-state index is 11.9. The van der Waals surface area contributed by atoms with E-state index in [-0.39, 0.29) is 6.42 Å². The van der Waals surface area contributed by atoms with Gasteiger partial charge in [0.25, 0.3) is 0 Å². The fourth-order valence-corrected chi connectivity index (χ4v) is 2.06. The summed E-state index contributed by atoms with van der Waals surface area (Å²) in [6.07, 6.45) is 0.517. The van der Waals surface area contributed by atoms with E-state index >= 15 is 0 Å². The summed E-state index contributed by atoms with van der Waals surface area (Å²) in [5.74, 6) is -0.943. The van der Waals surface area contributed by atoms with Crippen LogP contribution in [-0.4, -0.2) is 36.4 Å². The number of benzene rings is 1. The molecule has 0 heterocycles. The zero-order valence-corrected chi connectivity index (χ0v) is 11.1. The Hall–Kier alpha value is -2.14. The van der Waals surface area contributed by atoms with Gasteiger partial charge in [-0.15, -0.1) is 0 Å². The minimum absolute atomic E-state index is 0.124. The summed E-state index contributed by atoms with van der Waals surface area (Å²) in [6, 6.07) is 8.57. The highest BCUT2D eigenvalue weighted by molar-refractivity contribution is 5.90. The molecule has 0 aromatic heterocycles. The summed E-state index contributed by atoms with van der Waals surface area (Å²) in [5, 5.41) is 9.95. The van der Waals surface area contributed by atoms with Gasteiger partial charge in [-0.1, -0.05) is 24.3 Å². The highest BCUT2D eigenvalue weighted by Gasteiger charge is 2.30. The van der Waals surface area contributed by atoms with Gasteiger partial charge in [-0.25, -0.2) is 9.59 Å². The van der Waals surface area contributed by atoms with Crippen molar-refractivity contribution in [2.45, 2.75) is 25.0 Å². The zero-order chi connectivity index (χ0) is 14.5. The van der Waals surface area contributed by atoms with Crippen LogP contribution in [0, 0.1) is 0 Å². The third-order valence-corrected chi connectivity index (χ3v) is 3.17. The number of aliphatic hydroxyl groups is 1. The quantitative estimate of drug-likeness (QED) is 0.846. The van der Waals surface area contributed by atoms with Crippen molar-refractivity contribution in [3.63, 3.8) is 0 Å². The highest BCUT2D eigenvalue weighted by atomic mass is 16.6. The van der Waals surface area contributed by atoms with Crippen LogP contribution < -0.4 is 0 Å². The predicted octanol–water partition coefficient (Wildman–Crippen LogP) is 1.47. The van der Waals surface area contributed by atoms with Crippen LogP contribution in [0.2, 0.25) is 0 Å². The van der Waals surface area contributed by atoms with Gasteiger partial charge in [-0.3, -0.25) is 0 Å². The van der Waals surface area contributed by atoms with Crippen molar-refractivity contribution in [3.8, 4) is 0 Å². The molecule has 20 heavy (non-hydrogen) atoms. The van der Waals surface area contributed by atoms with E-state index in [1.54, 1.807) is 36.4 Å². The fraction of sp³-hybridized carbons (Fsp3) is 0.333. The molecule has 106 valence electrons. The second-order valence-electron chi connectivity index (χ2n) is 4.54. The van der Waals surface area contributed by atoms with E-state index in [0.717, 1.165) is 0 Å². The molecule has 0 aliphatic heterocycles. The van der Waals surface area contributed by atoms with E-state index in [1.807, 2.05) is 0 Å². The number of aliphatic hydroxyl groups excluding tert-OH is 1. The van der Waals surface area contributed by atoms with Crippen LogP contribution in [0.3, 0.4) is 0 Å². The van der Waals surface area contributed by atoms with Crippen LogP contribution in [0.25, 0.3) is 0 Å². The van der Waals surface area contributed by atoms with Crippen molar-refractivity contribution >= 4 is 11.9 Å². The van der Waals surface area contributed by atoms with Crippen LogP contribution in [-0.2, 0) is 14.3 Å². The molecule has 0 fully saturated rings. The Labute approximate surface area is 116 Å². The molecule has 1 aliphatic rings. The molecule has 0 spiro atoms. The molecule has 0 unspecified atom stereocenters. The molecule has 1 aromatic carbocycles. The third-order valence-electron chi connectivity index (χ3n) is 3.17. The first-order chi connectivity index (χ1) is 9.61. The molecule has 0 radical (unpaired) electrons. The number of hydrogen-bond acceptors (Lipinski definition) is 5. The van der Waals surface area contributed by atoms with E-state index in [0.29, 0.717) is 17.6 Å². The molecule has 0 bridgehead atoms. The van der Waals surface area contributed by atoms with Crippen molar-refractivity contribution in [1.29, 1.82) is 0 Å². The van der Waals surface area contributed by atoms with E-state index in [9.17, 15) is 14.7 Å². The number of hydrogen-bond donors (Lipinski definition) is 1. The van der Waals surface area contributed by atoms with Crippen molar-refractivity contribution < 1.29 is 24.2 Å². The summed E-state index contributed by atoms with van der Waals surface area (Å²) < 4.78 is 9.86. The minimum Gasteiger partial charge on any atom is -0.466 e. The van der Waals surface area contributed by atoms with Crippen molar-refractivity contribution in [1.82, 2.24) is 0 Å². The highest BCUT2D eigenvalue weighted by Crippen LogP contribution is 2.23. The van der Waals surface area contributed by atoms with E-state index in [4.69, 9.17) is 4.74 Å². The Morgan fingerprint density at radius 3 is 2.50 bits per heavy atom. The molecule has 2 atom stereocenters. The van der Waals surface area contributed by atoms with Gasteiger partial charge in [-0.2, -0.15) is 0 Å². The molecule has 0 saturated heterocycles. The number of rotatable bonds is 3. The fourth-order valence-electron chi connectivity index (χ4n) is 2.06. The lowest BCUT2D eigenvalue weighted by molar-refractivity contribution is -0.137. The van der Waals surface area contributed by atoms with Crippen LogP contribution in [0.5, 0.6) is 0 Å².